The molecule has 3 N–H and O–H groups in total. The van der Waals surface area contributed by atoms with Crippen molar-refractivity contribution < 1.29 is 9.59 Å². The molecule has 2 heterocycles. The number of hydrogen-bond donors (Lipinski definition) is 2. The summed E-state index contributed by atoms with van der Waals surface area (Å²) in [5.74, 6) is -0.386. The fraction of sp³-hybridized carbons (Fsp3) is 0.818. The van der Waals surface area contributed by atoms with Crippen LogP contribution in [0.4, 0.5) is 4.79 Å². The van der Waals surface area contributed by atoms with E-state index in [1.165, 1.54) is 0 Å². The molecule has 0 aromatic carbocycles. The molecule has 0 aromatic rings. The first-order valence-electron chi connectivity index (χ1n) is 5.93. The number of urea groups is 1. The van der Waals surface area contributed by atoms with Crippen LogP contribution < -0.4 is 11.1 Å². The minimum atomic E-state index is -0.431. The van der Waals surface area contributed by atoms with Crippen LogP contribution in [0.5, 0.6) is 0 Å². The summed E-state index contributed by atoms with van der Waals surface area (Å²) in [5.41, 5.74) is 5.14. The van der Waals surface area contributed by atoms with E-state index < -0.39 is 6.04 Å². The van der Waals surface area contributed by atoms with Crippen molar-refractivity contribution in [1.29, 1.82) is 0 Å². The van der Waals surface area contributed by atoms with Crippen LogP contribution in [0.25, 0.3) is 0 Å². The molecule has 0 spiro atoms. The summed E-state index contributed by atoms with van der Waals surface area (Å²) in [6.45, 7) is 7.80. The lowest BCUT2D eigenvalue weighted by Crippen LogP contribution is -2.61. The SMILES string of the molecule is CC(C)(C)N1CC2C(C(N)=O)NCCN2C1=O. The predicted octanol–water partition coefficient (Wildman–Crippen LogP) is -0.652. The number of nitrogens with two attached hydrogens (primary N) is 1. The van der Waals surface area contributed by atoms with E-state index in [2.05, 4.69) is 5.32 Å². The molecule has 6 nitrogen and oxygen atoms in total. The van der Waals surface area contributed by atoms with Gasteiger partial charge in [0.25, 0.3) is 0 Å². The fourth-order valence-corrected chi connectivity index (χ4v) is 2.53. The van der Waals surface area contributed by atoms with Crippen molar-refractivity contribution in [2.24, 2.45) is 5.73 Å². The van der Waals surface area contributed by atoms with Gasteiger partial charge in [0.2, 0.25) is 5.91 Å². The second kappa shape index (κ2) is 3.87. The molecule has 17 heavy (non-hydrogen) atoms. The molecule has 2 saturated heterocycles. The van der Waals surface area contributed by atoms with Gasteiger partial charge in [-0.2, -0.15) is 0 Å². The highest BCUT2D eigenvalue weighted by molar-refractivity contribution is 5.85. The van der Waals surface area contributed by atoms with Crippen LogP contribution in [-0.4, -0.2) is 59.0 Å². The number of fused-ring (bicyclic) bond motifs is 1. The first kappa shape index (κ1) is 12.2. The van der Waals surface area contributed by atoms with Crippen molar-refractivity contribution in [2.75, 3.05) is 19.6 Å². The molecule has 0 radical (unpaired) electrons. The van der Waals surface area contributed by atoms with Crippen molar-refractivity contribution in [1.82, 2.24) is 15.1 Å². The second-order valence-electron chi connectivity index (χ2n) is 5.66. The second-order valence-corrected chi connectivity index (χ2v) is 5.66. The molecule has 2 fully saturated rings. The van der Waals surface area contributed by atoms with Gasteiger partial charge >= 0.3 is 6.03 Å². The fourth-order valence-electron chi connectivity index (χ4n) is 2.53. The molecule has 2 aliphatic rings. The van der Waals surface area contributed by atoms with Gasteiger partial charge in [0, 0.05) is 25.2 Å². The van der Waals surface area contributed by atoms with Crippen LogP contribution in [0.3, 0.4) is 0 Å². The van der Waals surface area contributed by atoms with Crippen molar-refractivity contribution in [2.45, 2.75) is 38.4 Å². The average molecular weight is 240 g/mol. The molecule has 6 heteroatoms. The zero-order valence-corrected chi connectivity index (χ0v) is 10.6. The highest BCUT2D eigenvalue weighted by atomic mass is 16.2. The molecule has 0 saturated carbocycles. The van der Waals surface area contributed by atoms with Crippen LogP contribution in [0.1, 0.15) is 20.8 Å². The average Bonchev–Trinajstić information content (AvgIpc) is 2.55. The standard InChI is InChI=1S/C11H20N4O2/c1-11(2,3)15-6-7-8(9(12)16)13-4-5-14(7)10(15)17/h7-8,13H,4-6H2,1-3H3,(H2,12,16). The van der Waals surface area contributed by atoms with Gasteiger partial charge in [-0.1, -0.05) is 0 Å². The Hall–Kier alpha value is -1.30. The molecule has 2 aliphatic heterocycles. The number of nitrogens with zero attached hydrogens (tertiary/aromatic N) is 2. The van der Waals surface area contributed by atoms with E-state index in [-0.39, 0.29) is 23.5 Å². The number of piperazine rings is 1. The number of hydrogen-bond acceptors (Lipinski definition) is 3. The van der Waals surface area contributed by atoms with E-state index in [9.17, 15) is 9.59 Å². The lowest BCUT2D eigenvalue weighted by molar-refractivity contribution is -0.121. The van der Waals surface area contributed by atoms with Gasteiger partial charge < -0.3 is 20.9 Å². The number of primary amides is 1. The van der Waals surface area contributed by atoms with Crippen LogP contribution in [0.2, 0.25) is 0 Å². The molecular weight excluding hydrogens is 220 g/mol. The Balaban J connectivity index is 2.23. The topological polar surface area (TPSA) is 78.7 Å². The Morgan fingerprint density at radius 3 is 2.65 bits per heavy atom. The number of carbonyl (C=O) groups is 2. The third-order valence-corrected chi connectivity index (χ3v) is 3.46. The maximum atomic E-state index is 12.2. The van der Waals surface area contributed by atoms with Gasteiger partial charge in [-0.25, -0.2) is 4.79 Å². The summed E-state index contributed by atoms with van der Waals surface area (Å²) >= 11 is 0. The molecule has 2 unspecified atom stereocenters. The maximum absolute atomic E-state index is 12.2. The number of rotatable bonds is 1. The van der Waals surface area contributed by atoms with Crippen molar-refractivity contribution in [3.63, 3.8) is 0 Å². The summed E-state index contributed by atoms with van der Waals surface area (Å²) in [4.78, 5) is 27.2. The maximum Gasteiger partial charge on any atom is 0.320 e. The van der Waals surface area contributed by atoms with Gasteiger partial charge in [0.1, 0.15) is 6.04 Å². The number of amides is 3. The van der Waals surface area contributed by atoms with Crippen molar-refractivity contribution >= 4 is 11.9 Å². The van der Waals surface area contributed by atoms with E-state index in [1.54, 1.807) is 9.80 Å². The monoisotopic (exact) mass is 240 g/mol. The van der Waals surface area contributed by atoms with Crippen molar-refractivity contribution in [3.05, 3.63) is 0 Å². The molecular formula is C11H20N4O2. The van der Waals surface area contributed by atoms with Gasteiger partial charge in [0.15, 0.2) is 0 Å². The minimum Gasteiger partial charge on any atom is -0.368 e. The summed E-state index contributed by atoms with van der Waals surface area (Å²) in [6, 6.07) is -0.553. The third kappa shape index (κ3) is 1.97. The molecule has 3 amide bonds. The van der Waals surface area contributed by atoms with Crippen molar-refractivity contribution in [3.8, 4) is 0 Å². The van der Waals surface area contributed by atoms with Gasteiger partial charge in [-0.3, -0.25) is 4.79 Å². The summed E-state index contributed by atoms with van der Waals surface area (Å²) < 4.78 is 0. The van der Waals surface area contributed by atoms with Gasteiger partial charge in [0.05, 0.1) is 6.04 Å². The number of carbonyl (C=O) groups excluding carboxylic acids is 2. The third-order valence-electron chi connectivity index (χ3n) is 3.46. The van der Waals surface area contributed by atoms with E-state index in [0.717, 1.165) is 0 Å². The number of nitrogens with one attached hydrogen (secondary N) is 1. The smallest absolute Gasteiger partial charge is 0.320 e. The van der Waals surface area contributed by atoms with Crippen LogP contribution >= 0.6 is 0 Å². The predicted molar refractivity (Wildman–Crippen MR) is 63.3 cm³/mol. The zero-order chi connectivity index (χ0) is 12.8. The minimum absolute atomic E-state index is 0.00949. The highest BCUT2D eigenvalue weighted by Crippen LogP contribution is 2.27. The largest absolute Gasteiger partial charge is 0.368 e. The first-order valence-corrected chi connectivity index (χ1v) is 5.93. The van der Waals surface area contributed by atoms with Gasteiger partial charge in [-0.05, 0) is 20.8 Å². The van der Waals surface area contributed by atoms with E-state index >= 15 is 0 Å². The van der Waals surface area contributed by atoms with E-state index in [0.29, 0.717) is 19.6 Å². The Kier molecular flexibility index (Phi) is 2.77. The summed E-state index contributed by atoms with van der Waals surface area (Å²) in [6.07, 6.45) is 0. The molecule has 0 aromatic heterocycles. The Labute approximate surface area is 101 Å². The Morgan fingerprint density at radius 1 is 1.47 bits per heavy atom. The lowest BCUT2D eigenvalue weighted by atomic mass is 10.0. The quantitative estimate of drug-likeness (QED) is 0.639. The highest BCUT2D eigenvalue weighted by Gasteiger charge is 2.48. The van der Waals surface area contributed by atoms with E-state index in [4.69, 9.17) is 5.73 Å². The Morgan fingerprint density at radius 2 is 2.12 bits per heavy atom. The van der Waals surface area contributed by atoms with Gasteiger partial charge in [-0.15, -0.1) is 0 Å². The first-order chi connectivity index (χ1) is 7.82. The molecule has 2 rings (SSSR count). The summed E-state index contributed by atoms with van der Waals surface area (Å²) in [5, 5.41) is 3.09. The van der Waals surface area contributed by atoms with Crippen LogP contribution in [0.15, 0.2) is 0 Å². The zero-order valence-electron chi connectivity index (χ0n) is 10.6. The van der Waals surface area contributed by atoms with E-state index in [1.807, 2.05) is 20.8 Å². The van der Waals surface area contributed by atoms with Crippen LogP contribution in [0, 0.1) is 0 Å². The normalized spacial score (nSPS) is 29.5. The molecule has 0 bridgehead atoms. The molecule has 2 atom stereocenters. The molecule has 96 valence electrons. The van der Waals surface area contributed by atoms with Crippen LogP contribution in [-0.2, 0) is 4.79 Å². The molecule has 0 aliphatic carbocycles. The summed E-state index contributed by atoms with van der Waals surface area (Å²) in [7, 11) is 0. The lowest BCUT2D eigenvalue weighted by Gasteiger charge is -2.34. The Bertz CT molecular complexity index is 350.